The molecule has 0 spiro atoms. The maximum Gasteiger partial charge on any atom is 0.210 e. The quantitative estimate of drug-likeness (QED) is 0.841. The number of halogens is 1. The van der Waals surface area contributed by atoms with E-state index in [1.54, 1.807) is 13.0 Å². The molecular weight excluding hydrogens is 332 g/mol. The van der Waals surface area contributed by atoms with Crippen LogP contribution in [0.3, 0.4) is 0 Å². The zero-order valence-corrected chi connectivity index (χ0v) is 12.1. The Bertz CT molecular complexity index is 625. The van der Waals surface area contributed by atoms with Crippen LogP contribution in [0.2, 0.25) is 0 Å². The highest BCUT2D eigenvalue weighted by Gasteiger charge is 2.21. The third kappa shape index (κ3) is 4.34. The van der Waals surface area contributed by atoms with E-state index in [0.29, 0.717) is 10.0 Å². The number of rotatable bonds is 4. The summed E-state index contributed by atoms with van der Waals surface area (Å²) in [7, 11) is -7.53. The minimum Gasteiger partial charge on any atom is -0.243 e. The second kappa shape index (κ2) is 5.01. The van der Waals surface area contributed by atoms with E-state index in [1.807, 2.05) is 0 Å². The third-order valence-electron chi connectivity index (χ3n) is 1.93. The SMILES string of the molecule is Cc1cc(Br)cnc1S(=O)(=O)CCS(N)(=O)=O. The molecule has 0 saturated carbocycles. The fourth-order valence-electron chi connectivity index (χ4n) is 1.18. The Kier molecular flexibility index (Phi) is 4.28. The summed E-state index contributed by atoms with van der Waals surface area (Å²) in [6.45, 7) is 1.58. The molecule has 1 aromatic rings. The van der Waals surface area contributed by atoms with Crippen molar-refractivity contribution in [2.45, 2.75) is 11.9 Å². The molecular formula is C8H11BrN2O4S2. The number of sulfonamides is 1. The van der Waals surface area contributed by atoms with Gasteiger partial charge in [0.15, 0.2) is 14.9 Å². The zero-order valence-electron chi connectivity index (χ0n) is 8.92. The van der Waals surface area contributed by atoms with E-state index in [1.165, 1.54) is 6.20 Å². The molecule has 0 aliphatic rings. The highest BCUT2D eigenvalue weighted by Crippen LogP contribution is 2.18. The van der Waals surface area contributed by atoms with Gasteiger partial charge in [-0.15, -0.1) is 0 Å². The van der Waals surface area contributed by atoms with Crippen LogP contribution in [0.15, 0.2) is 21.8 Å². The van der Waals surface area contributed by atoms with E-state index < -0.39 is 31.4 Å². The maximum atomic E-state index is 11.8. The molecule has 1 heterocycles. The van der Waals surface area contributed by atoms with Crippen LogP contribution < -0.4 is 5.14 Å². The number of hydrogen-bond donors (Lipinski definition) is 1. The number of sulfone groups is 1. The van der Waals surface area contributed by atoms with Crippen LogP contribution >= 0.6 is 15.9 Å². The smallest absolute Gasteiger partial charge is 0.210 e. The highest BCUT2D eigenvalue weighted by molar-refractivity contribution is 9.10. The zero-order chi connectivity index (χ0) is 13.3. The summed E-state index contributed by atoms with van der Waals surface area (Å²) >= 11 is 3.16. The molecule has 96 valence electrons. The Hall–Kier alpha value is -0.510. The largest absolute Gasteiger partial charge is 0.243 e. The van der Waals surface area contributed by atoms with Gasteiger partial charge in [0, 0.05) is 10.7 Å². The van der Waals surface area contributed by atoms with E-state index in [-0.39, 0.29) is 5.03 Å². The van der Waals surface area contributed by atoms with Gasteiger partial charge < -0.3 is 0 Å². The molecule has 6 nitrogen and oxygen atoms in total. The lowest BCUT2D eigenvalue weighted by atomic mass is 10.3. The Labute approximate surface area is 108 Å². The highest BCUT2D eigenvalue weighted by atomic mass is 79.9. The van der Waals surface area contributed by atoms with Crippen molar-refractivity contribution in [1.29, 1.82) is 0 Å². The fourth-order valence-corrected chi connectivity index (χ4v) is 4.38. The average molecular weight is 343 g/mol. The summed E-state index contributed by atoms with van der Waals surface area (Å²) in [6, 6.07) is 1.59. The lowest BCUT2D eigenvalue weighted by molar-refractivity contribution is 0.585. The van der Waals surface area contributed by atoms with Crippen LogP contribution in [0.1, 0.15) is 5.56 Å². The van der Waals surface area contributed by atoms with Crippen LogP contribution in [0, 0.1) is 6.92 Å². The number of aromatic nitrogens is 1. The molecule has 0 saturated heterocycles. The number of aryl methyl sites for hydroxylation is 1. The van der Waals surface area contributed by atoms with Gasteiger partial charge in [-0.3, -0.25) is 0 Å². The topological polar surface area (TPSA) is 107 Å². The van der Waals surface area contributed by atoms with Gasteiger partial charge in [-0.2, -0.15) is 0 Å². The summed E-state index contributed by atoms with van der Waals surface area (Å²) in [5, 5.41) is 4.64. The molecule has 0 aliphatic carbocycles. The van der Waals surface area contributed by atoms with Crippen molar-refractivity contribution in [3.05, 3.63) is 22.3 Å². The first kappa shape index (κ1) is 14.6. The maximum absolute atomic E-state index is 11.8. The van der Waals surface area contributed by atoms with Gasteiger partial charge in [-0.25, -0.2) is 27.0 Å². The number of hydrogen-bond acceptors (Lipinski definition) is 5. The lowest BCUT2D eigenvalue weighted by Gasteiger charge is -2.06. The van der Waals surface area contributed by atoms with Crippen LogP contribution in [0.25, 0.3) is 0 Å². The van der Waals surface area contributed by atoms with Gasteiger partial charge >= 0.3 is 0 Å². The number of pyridine rings is 1. The molecule has 0 amide bonds. The summed E-state index contributed by atoms with van der Waals surface area (Å²) < 4.78 is 45.7. The molecule has 9 heteroatoms. The summed E-state index contributed by atoms with van der Waals surface area (Å²) in [6.07, 6.45) is 1.34. The Morgan fingerprint density at radius 2 is 1.88 bits per heavy atom. The molecule has 1 aromatic heterocycles. The standard InChI is InChI=1S/C8H11BrN2O4S2/c1-6-4-7(9)5-11-8(6)16(12,13)2-3-17(10,14)15/h4-5H,2-3H2,1H3,(H2,10,14,15). The van der Waals surface area contributed by atoms with Crippen molar-refractivity contribution in [2.24, 2.45) is 5.14 Å². The fraction of sp³-hybridized carbons (Fsp3) is 0.375. The van der Waals surface area contributed by atoms with Crippen molar-refractivity contribution in [3.8, 4) is 0 Å². The van der Waals surface area contributed by atoms with Crippen LogP contribution in [0.5, 0.6) is 0 Å². The van der Waals surface area contributed by atoms with Crippen LogP contribution in [0.4, 0.5) is 0 Å². The molecule has 17 heavy (non-hydrogen) atoms. The minimum absolute atomic E-state index is 0.121. The second-order valence-corrected chi connectivity index (χ2v) is 8.14. The van der Waals surface area contributed by atoms with Crippen molar-refractivity contribution in [2.75, 3.05) is 11.5 Å². The summed E-state index contributed by atoms with van der Waals surface area (Å²) in [4.78, 5) is 3.78. The second-order valence-electron chi connectivity index (χ2n) is 3.46. The van der Waals surface area contributed by atoms with E-state index >= 15 is 0 Å². The Morgan fingerprint density at radius 3 is 2.35 bits per heavy atom. The lowest BCUT2D eigenvalue weighted by Crippen LogP contribution is -2.24. The van der Waals surface area contributed by atoms with Crippen molar-refractivity contribution >= 4 is 35.8 Å². The minimum atomic E-state index is -3.80. The van der Waals surface area contributed by atoms with Gasteiger partial charge in [0.2, 0.25) is 10.0 Å². The monoisotopic (exact) mass is 342 g/mol. The van der Waals surface area contributed by atoms with E-state index in [4.69, 9.17) is 5.14 Å². The number of nitrogens with zero attached hydrogens (tertiary/aromatic N) is 1. The molecule has 2 N–H and O–H groups in total. The van der Waals surface area contributed by atoms with E-state index in [2.05, 4.69) is 20.9 Å². The van der Waals surface area contributed by atoms with E-state index in [9.17, 15) is 16.8 Å². The van der Waals surface area contributed by atoms with Gasteiger partial charge in [0.1, 0.15) is 0 Å². The predicted octanol–water partition coefficient (Wildman–Crippen LogP) is 0.215. The molecule has 0 aromatic carbocycles. The van der Waals surface area contributed by atoms with Gasteiger partial charge in [0.25, 0.3) is 0 Å². The molecule has 0 aliphatic heterocycles. The predicted molar refractivity (Wildman–Crippen MR) is 66.7 cm³/mol. The van der Waals surface area contributed by atoms with Gasteiger partial charge in [-0.1, -0.05) is 0 Å². The van der Waals surface area contributed by atoms with E-state index in [0.717, 1.165) is 0 Å². The van der Waals surface area contributed by atoms with Crippen molar-refractivity contribution in [1.82, 2.24) is 4.98 Å². The average Bonchev–Trinajstić information content (AvgIpc) is 2.13. The van der Waals surface area contributed by atoms with Gasteiger partial charge in [0.05, 0.1) is 11.5 Å². The molecule has 0 atom stereocenters. The normalized spacial score (nSPS) is 12.6. The van der Waals surface area contributed by atoms with Crippen molar-refractivity contribution < 1.29 is 16.8 Å². The first-order chi connectivity index (χ1) is 7.62. The molecule has 0 radical (unpaired) electrons. The van der Waals surface area contributed by atoms with Crippen molar-refractivity contribution in [3.63, 3.8) is 0 Å². The van der Waals surface area contributed by atoms with Crippen LogP contribution in [-0.2, 0) is 19.9 Å². The summed E-state index contributed by atoms with van der Waals surface area (Å²) in [5.74, 6) is -1.19. The first-order valence-corrected chi connectivity index (χ1v) is 8.63. The van der Waals surface area contributed by atoms with Crippen LogP contribution in [-0.4, -0.2) is 33.3 Å². The summed E-state index contributed by atoms with van der Waals surface area (Å²) in [5.41, 5.74) is 0.453. The third-order valence-corrected chi connectivity index (χ3v) is 5.15. The molecule has 1 rings (SSSR count). The molecule has 0 fully saturated rings. The first-order valence-electron chi connectivity index (χ1n) is 4.47. The Balaban J connectivity index is 3.06. The number of primary sulfonamides is 1. The molecule has 0 bridgehead atoms. The Morgan fingerprint density at radius 1 is 1.29 bits per heavy atom. The number of nitrogens with two attached hydrogens (primary N) is 1. The van der Waals surface area contributed by atoms with Gasteiger partial charge in [-0.05, 0) is 34.5 Å². The molecule has 0 unspecified atom stereocenters.